The fourth-order valence-corrected chi connectivity index (χ4v) is 4.58. The number of thiol groups is 1. The summed E-state index contributed by atoms with van der Waals surface area (Å²) in [6.07, 6.45) is 4.78. The molecule has 182 valence electrons. The van der Waals surface area contributed by atoms with Crippen LogP contribution in [0.3, 0.4) is 0 Å². The first-order chi connectivity index (χ1) is 16.4. The molecule has 1 aromatic heterocycles. The summed E-state index contributed by atoms with van der Waals surface area (Å²) in [5.41, 5.74) is 5.42. The Morgan fingerprint density at radius 2 is 1.85 bits per heavy atom. The van der Waals surface area contributed by atoms with Gasteiger partial charge in [0.1, 0.15) is 5.82 Å². The van der Waals surface area contributed by atoms with Gasteiger partial charge < -0.3 is 15.0 Å². The van der Waals surface area contributed by atoms with E-state index >= 15 is 0 Å². The van der Waals surface area contributed by atoms with Gasteiger partial charge in [-0.15, -0.1) is 0 Å². The molecule has 0 radical (unpaired) electrons. The maximum absolute atomic E-state index is 12.7. The first-order valence-corrected chi connectivity index (χ1v) is 12.7. The Kier molecular flexibility index (Phi) is 9.16. The molecule has 1 unspecified atom stereocenters. The minimum Gasteiger partial charge on any atom is -0.478 e. The van der Waals surface area contributed by atoms with Crippen molar-refractivity contribution in [2.75, 3.05) is 5.75 Å². The SMILES string of the molecule is CCCCC(CS)C(=O)NCc1cc(C)c2nc(CCC)n(Cc3ccc(C(=O)O)cc3)c2c1. The van der Waals surface area contributed by atoms with Gasteiger partial charge in [-0.3, -0.25) is 4.79 Å². The second-order valence-corrected chi connectivity index (χ2v) is 9.25. The van der Waals surface area contributed by atoms with Crippen LogP contribution >= 0.6 is 12.6 Å². The summed E-state index contributed by atoms with van der Waals surface area (Å²) in [7, 11) is 0. The normalized spacial score (nSPS) is 12.1. The monoisotopic (exact) mass is 481 g/mol. The molecule has 6 nitrogen and oxygen atoms in total. The van der Waals surface area contributed by atoms with E-state index in [1.165, 1.54) is 0 Å². The molecule has 0 bridgehead atoms. The van der Waals surface area contributed by atoms with Gasteiger partial charge in [-0.25, -0.2) is 9.78 Å². The van der Waals surface area contributed by atoms with Crippen LogP contribution in [0.1, 0.15) is 72.4 Å². The van der Waals surface area contributed by atoms with Crippen molar-refractivity contribution in [3.63, 3.8) is 0 Å². The van der Waals surface area contributed by atoms with Crippen molar-refractivity contribution in [2.45, 2.75) is 66.0 Å². The lowest BCUT2D eigenvalue weighted by Crippen LogP contribution is -2.31. The van der Waals surface area contributed by atoms with Gasteiger partial charge in [-0.1, -0.05) is 44.9 Å². The number of hydrogen-bond donors (Lipinski definition) is 3. The number of aromatic nitrogens is 2. The molecule has 3 aromatic rings. The molecule has 7 heteroatoms. The predicted molar refractivity (Wildman–Crippen MR) is 140 cm³/mol. The van der Waals surface area contributed by atoms with Crippen molar-refractivity contribution in [1.29, 1.82) is 0 Å². The number of nitrogens with zero attached hydrogens (tertiary/aromatic N) is 2. The number of unbranched alkanes of at least 4 members (excludes halogenated alkanes) is 1. The summed E-state index contributed by atoms with van der Waals surface area (Å²) in [6.45, 7) is 7.39. The number of hydrogen-bond acceptors (Lipinski definition) is 4. The number of carboxylic acid groups (broad SMARTS) is 1. The number of imidazole rings is 1. The zero-order valence-corrected chi connectivity index (χ0v) is 21.2. The molecule has 0 aliphatic rings. The lowest BCUT2D eigenvalue weighted by molar-refractivity contribution is -0.124. The van der Waals surface area contributed by atoms with E-state index in [9.17, 15) is 14.7 Å². The van der Waals surface area contributed by atoms with Gasteiger partial charge in [-0.2, -0.15) is 12.6 Å². The molecule has 2 N–H and O–H groups in total. The second kappa shape index (κ2) is 12.1. The molecule has 0 spiro atoms. The summed E-state index contributed by atoms with van der Waals surface area (Å²) in [5.74, 6) is 0.628. The van der Waals surface area contributed by atoms with E-state index in [1.807, 2.05) is 12.1 Å². The number of rotatable bonds is 12. The Balaban J connectivity index is 1.88. The molecule has 0 aliphatic carbocycles. The second-order valence-electron chi connectivity index (χ2n) is 8.89. The van der Waals surface area contributed by atoms with Gasteiger partial charge in [0.15, 0.2) is 0 Å². The average molecular weight is 482 g/mol. The number of aryl methyl sites for hydroxylation is 2. The summed E-state index contributed by atoms with van der Waals surface area (Å²) in [6, 6.07) is 11.2. The van der Waals surface area contributed by atoms with Crippen LogP contribution in [0.2, 0.25) is 0 Å². The zero-order chi connectivity index (χ0) is 24.7. The highest BCUT2D eigenvalue weighted by Gasteiger charge is 2.17. The molecule has 0 aliphatic heterocycles. The fraction of sp³-hybridized carbons (Fsp3) is 0.444. The number of carbonyl (C=O) groups is 2. The van der Waals surface area contributed by atoms with Crippen LogP contribution in [-0.4, -0.2) is 32.3 Å². The molecular formula is C27H35N3O3S. The minimum atomic E-state index is -0.927. The Bertz CT molecular complexity index is 1140. The molecule has 1 heterocycles. The highest BCUT2D eigenvalue weighted by molar-refractivity contribution is 7.80. The molecule has 0 saturated carbocycles. The quantitative estimate of drug-likeness (QED) is 0.303. The smallest absolute Gasteiger partial charge is 0.335 e. The van der Waals surface area contributed by atoms with E-state index in [0.29, 0.717) is 18.8 Å². The van der Waals surface area contributed by atoms with Gasteiger partial charge in [0.05, 0.1) is 16.6 Å². The van der Waals surface area contributed by atoms with E-state index in [4.69, 9.17) is 4.98 Å². The van der Waals surface area contributed by atoms with Gasteiger partial charge in [0.25, 0.3) is 0 Å². The number of carboxylic acids is 1. The molecule has 0 fully saturated rings. The highest BCUT2D eigenvalue weighted by Crippen LogP contribution is 2.24. The van der Waals surface area contributed by atoms with E-state index in [-0.39, 0.29) is 17.4 Å². The molecule has 1 amide bonds. The van der Waals surface area contributed by atoms with Crippen LogP contribution in [0.5, 0.6) is 0 Å². The Hall–Kier alpha value is -2.80. The van der Waals surface area contributed by atoms with Gasteiger partial charge in [0.2, 0.25) is 5.91 Å². The average Bonchev–Trinajstić information content (AvgIpc) is 3.16. The highest BCUT2D eigenvalue weighted by atomic mass is 32.1. The summed E-state index contributed by atoms with van der Waals surface area (Å²) < 4.78 is 2.21. The van der Waals surface area contributed by atoms with Crippen LogP contribution in [-0.2, 0) is 24.3 Å². The number of aromatic carboxylic acids is 1. The largest absolute Gasteiger partial charge is 0.478 e. The summed E-state index contributed by atoms with van der Waals surface area (Å²) in [4.78, 5) is 28.8. The third kappa shape index (κ3) is 6.20. The Morgan fingerprint density at radius 3 is 2.47 bits per heavy atom. The fourth-order valence-electron chi connectivity index (χ4n) is 4.23. The number of nitrogens with one attached hydrogen (secondary N) is 1. The van der Waals surface area contributed by atoms with Gasteiger partial charge >= 0.3 is 5.97 Å². The van der Waals surface area contributed by atoms with Gasteiger partial charge in [-0.05, 0) is 54.7 Å². The number of benzene rings is 2. The lowest BCUT2D eigenvalue weighted by atomic mass is 10.0. The Labute approximate surface area is 207 Å². The number of amides is 1. The van der Waals surface area contributed by atoms with Crippen molar-refractivity contribution in [3.05, 3.63) is 64.5 Å². The molecule has 34 heavy (non-hydrogen) atoms. The topological polar surface area (TPSA) is 84.2 Å². The molecule has 2 aromatic carbocycles. The molecule has 1 atom stereocenters. The molecule has 0 saturated heterocycles. The van der Waals surface area contributed by atoms with Crippen molar-refractivity contribution >= 4 is 35.5 Å². The maximum atomic E-state index is 12.7. The maximum Gasteiger partial charge on any atom is 0.335 e. The van der Waals surface area contributed by atoms with Crippen molar-refractivity contribution in [1.82, 2.24) is 14.9 Å². The van der Waals surface area contributed by atoms with E-state index in [0.717, 1.165) is 65.7 Å². The zero-order valence-electron chi connectivity index (χ0n) is 20.3. The first-order valence-electron chi connectivity index (χ1n) is 12.1. The van der Waals surface area contributed by atoms with E-state index in [1.54, 1.807) is 12.1 Å². The van der Waals surface area contributed by atoms with E-state index in [2.05, 4.69) is 55.4 Å². The van der Waals surface area contributed by atoms with Crippen LogP contribution in [0, 0.1) is 12.8 Å². The van der Waals surface area contributed by atoms with Crippen LogP contribution in [0.4, 0.5) is 0 Å². The standard InChI is InChI=1S/C27H35N3O3S/c1-4-6-8-22(17-34)26(31)28-15-20-13-18(3)25-23(14-20)30(24(29-25)7-5-2)16-19-9-11-21(12-10-19)27(32)33/h9-14,22,34H,4-8,15-17H2,1-3H3,(H,28,31)(H,32,33). The van der Waals surface area contributed by atoms with Crippen LogP contribution < -0.4 is 5.32 Å². The third-order valence-corrected chi connectivity index (χ3v) is 6.60. The number of fused-ring (bicyclic) bond motifs is 1. The predicted octanol–water partition coefficient (Wildman–Crippen LogP) is 5.40. The van der Waals surface area contributed by atoms with E-state index < -0.39 is 5.97 Å². The summed E-state index contributed by atoms with van der Waals surface area (Å²) >= 11 is 4.37. The van der Waals surface area contributed by atoms with Crippen LogP contribution in [0.25, 0.3) is 11.0 Å². The van der Waals surface area contributed by atoms with Crippen molar-refractivity contribution < 1.29 is 14.7 Å². The van der Waals surface area contributed by atoms with Crippen molar-refractivity contribution in [2.24, 2.45) is 5.92 Å². The summed E-state index contributed by atoms with van der Waals surface area (Å²) in [5, 5.41) is 12.3. The lowest BCUT2D eigenvalue weighted by Gasteiger charge is -2.15. The number of carbonyl (C=O) groups excluding carboxylic acids is 1. The van der Waals surface area contributed by atoms with Crippen molar-refractivity contribution in [3.8, 4) is 0 Å². The Morgan fingerprint density at radius 1 is 1.12 bits per heavy atom. The molecule has 3 rings (SSSR count). The first kappa shape index (κ1) is 25.8. The van der Waals surface area contributed by atoms with Gasteiger partial charge in [0, 0.05) is 31.2 Å². The minimum absolute atomic E-state index is 0.0555. The van der Waals surface area contributed by atoms with Crippen LogP contribution in [0.15, 0.2) is 36.4 Å². The third-order valence-electron chi connectivity index (χ3n) is 6.16. The molecular weight excluding hydrogens is 446 g/mol.